The zero-order valence-electron chi connectivity index (χ0n) is 8.03. The minimum Gasteiger partial charge on any atom is -0.549 e. The Balaban J connectivity index is 2.16. The molecule has 1 amide bonds. The van der Waals surface area contributed by atoms with E-state index in [4.69, 9.17) is 0 Å². The van der Waals surface area contributed by atoms with Gasteiger partial charge in [0.2, 0.25) is 5.91 Å². The maximum Gasteiger partial charge on any atom is 0.232 e. The van der Waals surface area contributed by atoms with Crippen LogP contribution in [0.25, 0.3) is 0 Å². The number of amides is 1. The van der Waals surface area contributed by atoms with Crippen molar-refractivity contribution in [1.82, 2.24) is 4.90 Å². The number of hydrogen-bond donors (Lipinski definition) is 0. The van der Waals surface area contributed by atoms with Crippen molar-refractivity contribution >= 4 is 23.6 Å². The van der Waals surface area contributed by atoms with Crippen molar-refractivity contribution in [2.24, 2.45) is 0 Å². The highest BCUT2D eigenvalue weighted by molar-refractivity contribution is 8.00. The molecule has 1 saturated heterocycles. The lowest BCUT2D eigenvalue weighted by Crippen LogP contribution is -2.37. The number of likely N-dealkylation sites (tertiary alicyclic amines) is 1. The molecule has 0 bridgehead atoms. The van der Waals surface area contributed by atoms with E-state index in [1.165, 1.54) is 6.42 Å². The highest BCUT2D eigenvalue weighted by Crippen LogP contribution is 2.10. The van der Waals surface area contributed by atoms with Crippen LogP contribution in [-0.2, 0) is 9.59 Å². The molecule has 0 N–H and O–H groups in total. The summed E-state index contributed by atoms with van der Waals surface area (Å²) in [6.45, 7) is 1.65. The number of nitrogens with zero attached hydrogens (tertiary/aromatic N) is 1. The first-order chi connectivity index (χ1) is 6.70. The second-order valence-electron chi connectivity index (χ2n) is 3.31. The Morgan fingerprint density at radius 1 is 1.14 bits per heavy atom. The van der Waals surface area contributed by atoms with Crippen LogP contribution in [0, 0.1) is 0 Å². The molecule has 0 radical (unpaired) electrons. The molecule has 0 aromatic rings. The van der Waals surface area contributed by atoms with Gasteiger partial charge < -0.3 is 14.8 Å². The lowest BCUT2D eigenvalue weighted by atomic mass is 10.1. The van der Waals surface area contributed by atoms with Crippen LogP contribution < -0.4 is 5.11 Å². The van der Waals surface area contributed by atoms with Crippen molar-refractivity contribution in [3.05, 3.63) is 0 Å². The van der Waals surface area contributed by atoms with Crippen LogP contribution >= 0.6 is 11.8 Å². The van der Waals surface area contributed by atoms with Crippen molar-refractivity contribution in [3.63, 3.8) is 0 Å². The van der Waals surface area contributed by atoms with Gasteiger partial charge in [-0.3, -0.25) is 4.79 Å². The van der Waals surface area contributed by atoms with Crippen LogP contribution in [0.3, 0.4) is 0 Å². The van der Waals surface area contributed by atoms with Crippen molar-refractivity contribution in [3.8, 4) is 0 Å². The topological polar surface area (TPSA) is 60.4 Å². The zero-order chi connectivity index (χ0) is 10.4. The Kier molecular flexibility index (Phi) is 4.79. The number of carboxylic acid groups (broad SMARTS) is 1. The summed E-state index contributed by atoms with van der Waals surface area (Å²) in [7, 11) is 0. The molecule has 0 unspecified atom stereocenters. The number of aliphatic carboxylic acids is 1. The molecule has 1 rings (SSSR count). The van der Waals surface area contributed by atoms with Gasteiger partial charge in [0.05, 0.1) is 11.7 Å². The average molecular weight is 216 g/mol. The van der Waals surface area contributed by atoms with Crippen LogP contribution in [0.4, 0.5) is 0 Å². The van der Waals surface area contributed by atoms with Gasteiger partial charge in [-0.2, -0.15) is 0 Å². The second kappa shape index (κ2) is 5.90. The van der Waals surface area contributed by atoms with Crippen molar-refractivity contribution in [1.29, 1.82) is 0 Å². The Labute approximate surface area is 87.7 Å². The molecule has 80 valence electrons. The van der Waals surface area contributed by atoms with Crippen LogP contribution in [0.2, 0.25) is 0 Å². The maximum atomic E-state index is 11.5. The second-order valence-corrected chi connectivity index (χ2v) is 4.29. The predicted octanol–water partition coefficient (Wildman–Crippen LogP) is -0.518. The van der Waals surface area contributed by atoms with E-state index in [-0.39, 0.29) is 17.4 Å². The summed E-state index contributed by atoms with van der Waals surface area (Å²) >= 11 is 1.11. The summed E-state index contributed by atoms with van der Waals surface area (Å²) in [6, 6.07) is 0. The number of carbonyl (C=O) groups is 2. The molecule has 0 aromatic carbocycles. The number of carboxylic acids is 1. The first-order valence-electron chi connectivity index (χ1n) is 4.75. The number of hydrogen-bond acceptors (Lipinski definition) is 4. The third-order valence-corrected chi connectivity index (χ3v) is 3.05. The average Bonchev–Trinajstić information content (AvgIpc) is 2.18. The van der Waals surface area contributed by atoms with E-state index in [1.54, 1.807) is 0 Å². The normalized spacial score (nSPS) is 16.7. The van der Waals surface area contributed by atoms with Gasteiger partial charge >= 0.3 is 0 Å². The molecular weight excluding hydrogens is 202 g/mol. The molecule has 1 aliphatic rings. The summed E-state index contributed by atoms with van der Waals surface area (Å²) in [5, 5.41) is 10.1. The molecule has 14 heavy (non-hydrogen) atoms. The third kappa shape index (κ3) is 4.00. The SMILES string of the molecule is O=C([O-])CSCC(=O)N1CCCCC1. The van der Waals surface area contributed by atoms with E-state index in [0.29, 0.717) is 0 Å². The molecule has 1 heterocycles. The van der Waals surface area contributed by atoms with Gasteiger partial charge in [0.25, 0.3) is 0 Å². The maximum absolute atomic E-state index is 11.5. The summed E-state index contributed by atoms with van der Waals surface area (Å²) in [4.78, 5) is 23.4. The zero-order valence-corrected chi connectivity index (χ0v) is 8.85. The van der Waals surface area contributed by atoms with Gasteiger partial charge in [0, 0.05) is 18.8 Å². The monoisotopic (exact) mass is 216 g/mol. The molecule has 0 saturated carbocycles. The number of carbonyl (C=O) groups excluding carboxylic acids is 2. The van der Waals surface area contributed by atoms with E-state index < -0.39 is 5.97 Å². The van der Waals surface area contributed by atoms with Crippen LogP contribution in [-0.4, -0.2) is 41.4 Å². The lowest BCUT2D eigenvalue weighted by molar-refractivity contribution is -0.301. The Morgan fingerprint density at radius 2 is 1.79 bits per heavy atom. The fourth-order valence-corrected chi connectivity index (χ4v) is 2.08. The number of thioether (sulfide) groups is 1. The summed E-state index contributed by atoms with van der Waals surface area (Å²) < 4.78 is 0. The van der Waals surface area contributed by atoms with Gasteiger partial charge in [-0.15, -0.1) is 11.8 Å². The molecule has 1 fully saturated rings. The van der Waals surface area contributed by atoms with Crippen LogP contribution in [0.15, 0.2) is 0 Å². The fourth-order valence-electron chi connectivity index (χ4n) is 1.46. The van der Waals surface area contributed by atoms with Gasteiger partial charge in [-0.1, -0.05) is 0 Å². The quantitative estimate of drug-likeness (QED) is 0.634. The molecule has 0 aromatic heterocycles. The van der Waals surface area contributed by atoms with E-state index in [2.05, 4.69) is 0 Å². The lowest BCUT2D eigenvalue weighted by Gasteiger charge is -2.26. The van der Waals surface area contributed by atoms with Gasteiger partial charge in [0.15, 0.2) is 0 Å². The van der Waals surface area contributed by atoms with Crippen molar-refractivity contribution in [2.45, 2.75) is 19.3 Å². The number of rotatable bonds is 4. The minimum absolute atomic E-state index is 0.0518. The van der Waals surface area contributed by atoms with E-state index in [1.807, 2.05) is 4.90 Å². The molecule has 4 nitrogen and oxygen atoms in total. The van der Waals surface area contributed by atoms with Gasteiger partial charge in [-0.25, -0.2) is 0 Å². The third-order valence-electron chi connectivity index (χ3n) is 2.15. The van der Waals surface area contributed by atoms with E-state index >= 15 is 0 Å². The van der Waals surface area contributed by atoms with E-state index in [9.17, 15) is 14.7 Å². The minimum atomic E-state index is -1.11. The van der Waals surface area contributed by atoms with E-state index in [0.717, 1.165) is 37.7 Å². The summed E-state index contributed by atoms with van der Waals surface area (Å²) in [5.41, 5.74) is 0. The summed E-state index contributed by atoms with van der Waals surface area (Å²) in [6.07, 6.45) is 3.32. The molecule has 0 atom stereocenters. The fraction of sp³-hybridized carbons (Fsp3) is 0.778. The van der Waals surface area contributed by atoms with Crippen LogP contribution in [0.5, 0.6) is 0 Å². The van der Waals surface area contributed by atoms with Crippen molar-refractivity contribution < 1.29 is 14.7 Å². The smallest absolute Gasteiger partial charge is 0.232 e. The van der Waals surface area contributed by atoms with Crippen LogP contribution in [0.1, 0.15) is 19.3 Å². The highest BCUT2D eigenvalue weighted by atomic mass is 32.2. The van der Waals surface area contributed by atoms with Gasteiger partial charge in [-0.05, 0) is 19.3 Å². The van der Waals surface area contributed by atoms with Crippen molar-refractivity contribution in [2.75, 3.05) is 24.6 Å². The molecule has 5 heteroatoms. The Bertz CT molecular complexity index is 214. The molecule has 0 spiro atoms. The Morgan fingerprint density at radius 3 is 2.36 bits per heavy atom. The first-order valence-corrected chi connectivity index (χ1v) is 5.91. The number of piperidine rings is 1. The Hall–Kier alpha value is -0.710. The molecule has 0 aliphatic carbocycles. The standard InChI is InChI=1S/C9H15NO3S/c11-8(6-14-7-9(12)13)10-4-2-1-3-5-10/h1-7H2,(H,12,13)/p-1. The van der Waals surface area contributed by atoms with Gasteiger partial charge in [0.1, 0.15) is 0 Å². The largest absolute Gasteiger partial charge is 0.549 e. The molecular formula is C9H14NO3S-. The highest BCUT2D eigenvalue weighted by Gasteiger charge is 2.15. The predicted molar refractivity (Wildman–Crippen MR) is 52.8 cm³/mol. The molecule has 1 aliphatic heterocycles. The summed E-state index contributed by atoms with van der Waals surface area (Å²) in [5.74, 6) is -0.898. The first kappa shape index (κ1) is 11.4.